The standard InChI is InChI=1S/C15H18N2O3/c1-2-5-13(15(19)20)17-14(18)8-10-9-16-12-7-4-3-6-11(10)12/h2-4,6-7,10,13,16H,1,5,8-9H2,(H,17,18)(H,19,20). The second-order valence-corrected chi connectivity index (χ2v) is 4.85. The smallest absolute Gasteiger partial charge is 0.326 e. The molecule has 1 heterocycles. The van der Waals surface area contributed by atoms with Gasteiger partial charge in [0, 0.05) is 24.6 Å². The van der Waals surface area contributed by atoms with Crippen molar-refractivity contribution in [2.75, 3.05) is 11.9 Å². The predicted octanol–water partition coefficient (Wildman–Crippen LogP) is 1.73. The van der Waals surface area contributed by atoms with E-state index in [-0.39, 0.29) is 24.7 Å². The second kappa shape index (κ2) is 6.23. The molecule has 0 aromatic heterocycles. The van der Waals surface area contributed by atoms with E-state index in [2.05, 4.69) is 17.2 Å². The highest BCUT2D eigenvalue weighted by Gasteiger charge is 2.26. The van der Waals surface area contributed by atoms with Gasteiger partial charge in [-0.15, -0.1) is 6.58 Å². The Kier molecular flexibility index (Phi) is 4.40. The number of para-hydroxylation sites is 1. The molecule has 1 aliphatic heterocycles. The molecule has 0 spiro atoms. The lowest BCUT2D eigenvalue weighted by atomic mass is 9.97. The van der Waals surface area contributed by atoms with E-state index in [9.17, 15) is 9.59 Å². The van der Waals surface area contributed by atoms with Crippen LogP contribution in [0.15, 0.2) is 36.9 Å². The van der Waals surface area contributed by atoms with Crippen LogP contribution < -0.4 is 10.6 Å². The molecule has 1 amide bonds. The Morgan fingerprint density at radius 1 is 1.50 bits per heavy atom. The SMILES string of the molecule is C=CCC(NC(=O)CC1CNc2ccccc21)C(=O)O. The summed E-state index contributed by atoms with van der Waals surface area (Å²) < 4.78 is 0. The highest BCUT2D eigenvalue weighted by Crippen LogP contribution is 2.33. The highest BCUT2D eigenvalue weighted by atomic mass is 16.4. The van der Waals surface area contributed by atoms with Crippen LogP contribution in [0.1, 0.15) is 24.3 Å². The summed E-state index contributed by atoms with van der Waals surface area (Å²) in [5.74, 6) is -1.20. The van der Waals surface area contributed by atoms with E-state index < -0.39 is 12.0 Å². The first-order valence-corrected chi connectivity index (χ1v) is 6.57. The Hall–Kier alpha value is -2.30. The van der Waals surface area contributed by atoms with Crippen molar-refractivity contribution in [3.05, 3.63) is 42.5 Å². The van der Waals surface area contributed by atoms with Crippen LogP contribution in [-0.2, 0) is 9.59 Å². The van der Waals surface area contributed by atoms with Crippen molar-refractivity contribution in [1.82, 2.24) is 5.32 Å². The van der Waals surface area contributed by atoms with Crippen LogP contribution in [0.3, 0.4) is 0 Å². The molecule has 0 saturated carbocycles. The summed E-state index contributed by atoms with van der Waals surface area (Å²) in [5.41, 5.74) is 2.16. The van der Waals surface area contributed by atoms with Gasteiger partial charge in [-0.3, -0.25) is 4.79 Å². The number of rotatable bonds is 6. The van der Waals surface area contributed by atoms with E-state index >= 15 is 0 Å². The van der Waals surface area contributed by atoms with Gasteiger partial charge in [0.15, 0.2) is 0 Å². The van der Waals surface area contributed by atoms with Gasteiger partial charge >= 0.3 is 5.97 Å². The lowest BCUT2D eigenvalue weighted by Gasteiger charge is -2.15. The molecule has 1 aromatic carbocycles. The van der Waals surface area contributed by atoms with E-state index in [4.69, 9.17) is 5.11 Å². The van der Waals surface area contributed by atoms with Crippen molar-refractivity contribution < 1.29 is 14.7 Å². The number of benzene rings is 1. The Morgan fingerprint density at radius 2 is 2.25 bits per heavy atom. The molecule has 106 valence electrons. The Balaban J connectivity index is 1.96. The van der Waals surface area contributed by atoms with Crippen LogP contribution >= 0.6 is 0 Å². The van der Waals surface area contributed by atoms with E-state index in [1.165, 1.54) is 6.08 Å². The van der Waals surface area contributed by atoms with Crippen LogP contribution in [0.4, 0.5) is 5.69 Å². The van der Waals surface area contributed by atoms with Gasteiger partial charge < -0.3 is 15.7 Å². The maximum atomic E-state index is 12.0. The van der Waals surface area contributed by atoms with Gasteiger partial charge in [0.05, 0.1) is 0 Å². The fourth-order valence-electron chi connectivity index (χ4n) is 2.40. The van der Waals surface area contributed by atoms with Crippen molar-refractivity contribution in [1.29, 1.82) is 0 Å². The zero-order valence-electron chi connectivity index (χ0n) is 11.1. The summed E-state index contributed by atoms with van der Waals surface area (Å²) in [6.45, 7) is 4.20. The zero-order valence-corrected chi connectivity index (χ0v) is 11.1. The number of carboxylic acids is 1. The largest absolute Gasteiger partial charge is 0.480 e. The van der Waals surface area contributed by atoms with Crippen molar-refractivity contribution in [2.24, 2.45) is 0 Å². The van der Waals surface area contributed by atoms with Gasteiger partial charge in [-0.2, -0.15) is 0 Å². The first-order chi connectivity index (χ1) is 9.61. The maximum absolute atomic E-state index is 12.0. The number of fused-ring (bicyclic) bond motifs is 1. The number of anilines is 1. The lowest BCUT2D eigenvalue weighted by Crippen LogP contribution is -2.40. The minimum atomic E-state index is -1.04. The van der Waals surface area contributed by atoms with Crippen LogP contribution in [0.25, 0.3) is 0 Å². The van der Waals surface area contributed by atoms with E-state index in [0.29, 0.717) is 6.54 Å². The van der Waals surface area contributed by atoms with Crippen LogP contribution in [0, 0.1) is 0 Å². The summed E-state index contributed by atoms with van der Waals surface area (Å²) >= 11 is 0. The van der Waals surface area contributed by atoms with Gasteiger partial charge in [-0.1, -0.05) is 24.3 Å². The van der Waals surface area contributed by atoms with Crippen molar-refractivity contribution in [2.45, 2.75) is 24.8 Å². The molecule has 0 radical (unpaired) electrons. The number of nitrogens with one attached hydrogen (secondary N) is 2. The van der Waals surface area contributed by atoms with Crippen molar-refractivity contribution in [3.8, 4) is 0 Å². The van der Waals surface area contributed by atoms with Crippen LogP contribution in [0.5, 0.6) is 0 Å². The Morgan fingerprint density at radius 3 is 2.95 bits per heavy atom. The summed E-state index contributed by atoms with van der Waals surface area (Å²) in [6.07, 6.45) is 2.00. The van der Waals surface area contributed by atoms with Gasteiger partial charge in [-0.25, -0.2) is 4.79 Å². The molecule has 2 atom stereocenters. The first-order valence-electron chi connectivity index (χ1n) is 6.57. The number of carbonyl (C=O) groups is 2. The molecular formula is C15H18N2O3. The fourth-order valence-corrected chi connectivity index (χ4v) is 2.40. The minimum Gasteiger partial charge on any atom is -0.480 e. The normalized spacial score (nSPS) is 17.7. The zero-order chi connectivity index (χ0) is 14.5. The molecule has 0 fully saturated rings. The number of carbonyl (C=O) groups excluding carboxylic acids is 1. The minimum absolute atomic E-state index is 0.0874. The monoisotopic (exact) mass is 274 g/mol. The fraction of sp³-hybridized carbons (Fsp3) is 0.333. The molecule has 0 saturated heterocycles. The van der Waals surface area contributed by atoms with Gasteiger partial charge in [-0.05, 0) is 18.1 Å². The third-order valence-corrected chi connectivity index (χ3v) is 3.41. The molecule has 2 rings (SSSR count). The van der Waals surface area contributed by atoms with Crippen molar-refractivity contribution >= 4 is 17.6 Å². The van der Waals surface area contributed by atoms with Crippen molar-refractivity contribution in [3.63, 3.8) is 0 Å². The number of hydrogen-bond acceptors (Lipinski definition) is 3. The van der Waals surface area contributed by atoms with Gasteiger partial charge in [0.25, 0.3) is 0 Å². The summed E-state index contributed by atoms with van der Waals surface area (Å²) in [7, 11) is 0. The van der Waals surface area contributed by atoms with Crippen LogP contribution in [0.2, 0.25) is 0 Å². The molecule has 0 bridgehead atoms. The summed E-state index contributed by atoms with van der Waals surface area (Å²) in [6, 6.07) is 6.95. The summed E-state index contributed by atoms with van der Waals surface area (Å²) in [5, 5.41) is 14.8. The average molecular weight is 274 g/mol. The highest BCUT2D eigenvalue weighted by molar-refractivity contribution is 5.84. The van der Waals surface area contributed by atoms with Gasteiger partial charge in [0.1, 0.15) is 6.04 Å². The van der Waals surface area contributed by atoms with Gasteiger partial charge in [0.2, 0.25) is 5.91 Å². The van der Waals surface area contributed by atoms with E-state index in [1.54, 1.807) is 0 Å². The third-order valence-electron chi connectivity index (χ3n) is 3.41. The van der Waals surface area contributed by atoms with Crippen LogP contribution in [-0.4, -0.2) is 29.6 Å². The molecule has 2 unspecified atom stereocenters. The van der Waals surface area contributed by atoms with E-state index in [1.807, 2.05) is 24.3 Å². The average Bonchev–Trinajstić information content (AvgIpc) is 2.81. The second-order valence-electron chi connectivity index (χ2n) is 4.85. The molecule has 0 aliphatic carbocycles. The quantitative estimate of drug-likeness (QED) is 0.690. The molecule has 3 N–H and O–H groups in total. The molecule has 1 aromatic rings. The summed E-state index contributed by atoms with van der Waals surface area (Å²) in [4.78, 5) is 22.9. The Labute approximate surface area is 117 Å². The Bertz CT molecular complexity index is 528. The third kappa shape index (κ3) is 3.17. The molecule has 5 heteroatoms. The number of hydrogen-bond donors (Lipinski definition) is 3. The first kappa shape index (κ1) is 14.1. The number of aliphatic carboxylic acids is 1. The molecule has 20 heavy (non-hydrogen) atoms. The molecule has 1 aliphatic rings. The predicted molar refractivity (Wildman–Crippen MR) is 76.7 cm³/mol. The number of amides is 1. The topological polar surface area (TPSA) is 78.4 Å². The number of carboxylic acid groups (broad SMARTS) is 1. The molecular weight excluding hydrogens is 256 g/mol. The molecule has 5 nitrogen and oxygen atoms in total. The van der Waals surface area contributed by atoms with E-state index in [0.717, 1.165) is 11.3 Å². The lowest BCUT2D eigenvalue weighted by molar-refractivity contribution is -0.141. The maximum Gasteiger partial charge on any atom is 0.326 e.